The Kier molecular flexibility index (Phi) is 5.17. The molecule has 6 nitrogen and oxygen atoms in total. The Labute approximate surface area is 151 Å². The summed E-state index contributed by atoms with van der Waals surface area (Å²) in [4.78, 5) is 4.39. The van der Waals surface area contributed by atoms with Crippen LogP contribution in [0.3, 0.4) is 0 Å². The highest BCUT2D eigenvalue weighted by molar-refractivity contribution is 7.89. The first-order chi connectivity index (χ1) is 12.0. The van der Waals surface area contributed by atoms with Gasteiger partial charge in [0.15, 0.2) is 0 Å². The molecule has 3 rings (SSSR count). The lowest BCUT2D eigenvalue weighted by atomic mass is 10.2. The molecule has 0 radical (unpaired) electrons. The zero-order chi connectivity index (χ0) is 17.9. The van der Waals surface area contributed by atoms with Gasteiger partial charge in [-0.3, -0.25) is 9.67 Å². The predicted octanol–water partition coefficient (Wildman–Crippen LogP) is 2.89. The van der Waals surface area contributed by atoms with Crippen LogP contribution in [0.5, 0.6) is 0 Å². The quantitative estimate of drug-likeness (QED) is 0.717. The number of pyridine rings is 1. The van der Waals surface area contributed by atoms with Gasteiger partial charge in [-0.25, -0.2) is 13.1 Å². The largest absolute Gasteiger partial charge is 0.271 e. The molecule has 0 unspecified atom stereocenters. The van der Waals surface area contributed by atoms with Crippen molar-refractivity contribution in [1.82, 2.24) is 19.5 Å². The Morgan fingerprint density at radius 1 is 1.16 bits per heavy atom. The minimum absolute atomic E-state index is 0.151. The fourth-order valence-corrected chi connectivity index (χ4v) is 3.55. The van der Waals surface area contributed by atoms with Gasteiger partial charge in [0.2, 0.25) is 10.0 Å². The molecular weight excluding hydrogens is 360 g/mol. The number of hydrogen-bond acceptors (Lipinski definition) is 4. The van der Waals surface area contributed by atoms with Crippen molar-refractivity contribution in [2.45, 2.75) is 18.4 Å². The molecule has 0 aliphatic carbocycles. The van der Waals surface area contributed by atoms with Crippen LogP contribution < -0.4 is 4.72 Å². The van der Waals surface area contributed by atoms with E-state index in [9.17, 15) is 8.42 Å². The molecule has 0 bridgehead atoms. The number of hydrogen-bond donors (Lipinski definition) is 1. The molecule has 1 aromatic carbocycles. The van der Waals surface area contributed by atoms with E-state index in [1.807, 2.05) is 31.2 Å². The van der Waals surface area contributed by atoms with Crippen molar-refractivity contribution in [3.05, 3.63) is 65.4 Å². The highest BCUT2D eigenvalue weighted by Crippen LogP contribution is 2.19. The Bertz CT molecular complexity index is 971. The molecule has 25 heavy (non-hydrogen) atoms. The molecule has 1 N–H and O–H groups in total. The Morgan fingerprint density at radius 3 is 2.72 bits per heavy atom. The number of rotatable bonds is 6. The maximum atomic E-state index is 12.3. The molecule has 2 heterocycles. The van der Waals surface area contributed by atoms with Crippen molar-refractivity contribution >= 4 is 21.6 Å². The summed E-state index contributed by atoms with van der Waals surface area (Å²) in [6.07, 6.45) is 3.50. The minimum atomic E-state index is -3.60. The second-order valence-electron chi connectivity index (χ2n) is 5.49. The van der Waals surface area contributed by atoms with Crippen LogP contribution in [-0.4, -0.2) is 29.7 Å². The number of aryl methyl sites for hydroxylation is 1. The van der Waals surface area contributed by atoms with Gasteiger partial charge in [-0.1, -0.05) is 23.7 Å². The molecule has 0 atom stereocenters. The second-order valence-corrected chi connectivity index (χ2v) is 7.66. The smallest absolute Gasteiger partial charge is 0.240 e. The van der Waals surface area contributed by atoms with Gasteiger partial charge in [-0.15, -0.1) is 0 Å². The number of nitrogens with one attached hydrogen (secondary N) is 1. The minimum Gasteiger partial charge on any atom is -0.271 e. The zero-order valence-electron chi connectivity index (χ0n) is 13.6. The van der Waals surface area contributed by atoms with Gasteiger partial charge < -0.3 is 0 Å². The number of nitrogens with zero attached hydrogens (tertiary/aromatic N) is 3. The highest BCUT2D eigenvalue weighted by atomic mass is 35.5. The van der Waals surface area contributed by atoms with Crippen LogP contribution in [0, 0.1) is 6.92 Å². The van der Waals surface area contributed by atoms with Crippen molar-refractivity contribution in [2.24, 2.45) is 0 Å². The summed E-state index contributed by atoms with van der Waals surface area (Å²) in [5.41, 5.74) is 2.35. The van der Waals surface area contributed by atoms with Crippen molar-refractivity contribution in [1.29, 1.82) is 0 Å². The highest BCUT2D eigenvalue weighted by Gasteiger charge is 2.14. The molecule has 0 amide bonds. The third-order valence-electron chi connectivity index (χ3n) is 3.65. The molecule has 0 spiro atoms. The number of halogens is 1. The topological polar surface area (TPSA) is 76.9 Å². The lowest BCUT2D eigenvalue weighted by molar-refractivity contribution is 0.561. The van der Waals surface area contributed by atoms with Crippen LogP contribution in [0.1, 0.15) is 5.56 Å². The van der Waals surface area contributed by atoms with Gasteiger partial charge in [0.05, 0.1) is 17.1 Å². The number of sulfonamides is 1. The van der Waals surface area contributed by atoms with E-state index in [0.29, 0.717) is 11.6 Å². The van der Waals surface area contributed by atoms with Gasteiger partial charge in [-0.05, 0) is 42.8 Å². The van der Waals surface area contributed by atoms with Crippen LogP contribution in [0.4, 0.5) is 0 Å². The molecule has 0 aliphatic heterocycles. The van der Waals surface area contributed by atoms with Crippen LogP contribution >= 0.6 is 11.6 Å². The standard InChI is InChI=1S/C17H17ClN4O2S/c1-13-5-6-14(12-15(13)18)25(23,24)20-9-11-22-10-7-17(21-22)16-4-2-3-8-19-16/h2-8,10,12,20H,9,11H2,1H3. The molecular formula is C17H17ClN4O2S. The number of benzene rings is 1. The van der Waals surface area contributed by atoms with E-state index in [1.54, 1.807) is 23.1 Å². The summed E-state index contributed by atoms with van der Waals surface area (Å²) >= 11 is 6.00. The van der Waals surface area contributed by atoms with E-state index < -0.39 is 10.0 Å². The fourth-order valence-electron chi connectivity index (χ4n) is 2.26. The van der Waals surface area contributed by atoms with Crippen molar-refractivity contribution in [3.63, 3.8) is 0 Å². The average Bonchev–Trinajstić information content (AvgIpc) is 3.07. The summed E-state index contributed by atoms with van der Waals surface area (Å²) < 4.78 is 28.8. The van der Waals surface area contributed by atoms with E-state index in [1.165, 1.54) is 12.1 Å². The first-order valence-corrected chi connectivity index (χ1v) is 9.52. The molecule has 0 saturated carbocycles. The molecule has 0 saturated heterocycles. The molecule has 2 aromatic heterocycles. The first-order valence-electron chi connectivity index (χ1n) is 7.66. The summed E-state index contributed by atoms with van der Waals surface area (Å²) in [5, 5.41) is 4.82. The van der Waals surface area contributed by atoms with Crippen LogP contribution in [0.2, 0.25) is 5.02 Å². The fraction of sp³-hybridized carbons (Fsp3) is 0.176. The van der Waals surface area contributed by atoms with Gasteiger partial charge in [0.25, 0.3) is 0 Å². The van der Waals surface area contributed by atoms with Crippen LogP contribution in [-0.2, 0) is 16.6 Å². The normalized spacial score (nSPS) is 11.6. The Morgan fingerprint density at radius 2 is 2.00 bits per heavy atom. The maximum absolute atomic E-state index is 12.3. The van der Waals surface area contributed by atoms with E-state index >= 15 is 0 Å². The Hall–Kier alpha value is -2.22. The third kappa shape index (κ3) is 4.25. The molecule has 0 fully saturated rings. The van der Waals surface area contributed by atoms with Gasteiger partial charge in [0, 0.05) is 24.0 Å². The van der Waals surface area contributed by atoms with E-state index in [0.717, 1.165) is 17.0 Å². The van der Waals surface area contributed by atoms with Gasteiger partial charge in [0.1, 0.15) is 5.69 Å². The maximum Gasteiger partial charge on any atom is 0.240 e. The van der Waals surface area contributed by atoms with E-state index in [4.69, 9.17) is 11.6 Å². The monoisotopic (exact) mass is 376 g/mol. The van der Waals surface area contributed by atoms with Crippen LogP contribution in [0.25, 0.3) is 11.4 Å². The van der Waals surface area contributed by atoms with E-state index in [2.05, 4.69) is 14.8 Å². The van der Waals surface area contributed by atoms with Crippen LogP contribution in [0.15, 0.2) is 59.8 Å². The van der Waals surface area contributed by atoms with Crippen molar-refractivity contribution in [3.8, 4) is 11.4 Å². The molecule has 3 aromatic rings. The van der Waals surface area contributed by atoms with Gasteiger partial charge in [-0.2, -0.15) is 5.10 Å². The lowest BCUT2D eigenvalue weighted by Gasteiger charge is -2.08. The zero-order valence-corrected chi connectivity index (χ0v) is 15.1. The summed E-state index contributed by atoms with van der Waals surface area (Å²) in [5.74, 6) is 0. The molecule has 8 heteroatoms. The molecule has 0 aliphatic rings. The predicted molar refractivity (Wildman–Crippen MR) is 96.8 cm³/mol. The molecule has 130 valence electrons. The van der Waals surface area contributed by atoms with Crippen molar-refractivity contribution < 1.29 is 8.42 Å². The average molecular weight is 377 g/mol. The summed E-state index contributed by atoms with van der Waals surface area (Å²) in [6.45, 7) is 2.45. The second kappa shape index (κ2) is 7.35. The summed E-state index contributed by atoms with van der Waals surface area (Å²) in [6, 6.07) is 12.1. The van der Waals surface area contributed by atoms with E-state index in [-0.39, 0.29) is 11.4 Å². The first kappa shape index (κ1) is 17.6. The SMILES string of the molecule is Cc1ccc(S(=O)(=O)NCCn2ccc(-c3ccccn3)n2)cc1Cl. The van der Waals surface area contributed by atoms with Crippen molar-refractivity contribution in [2.75, 3.05) is 6.54 Å². The lowest BCUT2D eigenvalue weighted by Crippen LogP contribution is -2.27. The van der Waals surface area contributed by atoms with Gasteiger partial charge >= 0.3 is 0 Å². The third-order valence-corrected chi connectivity index (χ3v) is 5.52. The Balaban J connectivity index is 1.63. The summed E-state index contributed by atoms with van der Waals surface area (Å²) in [7, 11) is -3.60. The number of aromatic nitrogens is 3.